The summed E-state index contributed by atoms with van der Waals surface area (Å²) >= 11 is 9.77. The molecule has 1 aliphatic heterocycles. The van der Waals surface area contributed by atoms with Gasteiger partial charge in [0.1, 0.15) is 18.0 Å². The molecule has 0 radical (unpaired) electrons. The first kappa shape index (κ1) is 25.4. The number of rotatable bonds is 6. The van der Waals surface area contributed by atoms with Crippen molar-refractivity contribution in [1.82, 2.24) is 5.32 Å². The van der Waals surface area contributed by atoms with Gasteiger partial charge in [0.25, 0.3) is 11.8 Å². The van der Waals surface area contributed by atoms with Crippen molar-refractivity contribution in [3.63, 3.8) is 0 Å². The van der Waals surface area contributed by atoms with Crippen LogP contribution in [0.2, 0.25) is 5.02 Å². The maximum Gasteiger partial charge on any atom is 0.335 e. The quantitative estimate of drug-likeness (QED) is 0.297. The van der Waals surface area contributed by atoms with Crippen LogP contribution in [0.4, 0.5) is 14.9 Å². The highest BCUT2D eigenvalue weighted by atomic mass is 79.9. The molecule has 184 valence electrons. The lowest BCUT2D eigenvalue weighted by Crippen LogP contribution is -2.54. The van der Waals surface area contributed by atoms with Crippen LogP contribution in [0, 0.1) is 12.7 Å². The van der Waals surface area contributed by atoms with Crippen molar-refractivity contribution in [3.05, 3.63) is 92.2 Å². The van der Waals surface area contributed by atoms with E-state index in [2.05, 4.69) is 21.2 Å². The number of halogens is 3. The Morgan fingerprint density at radius 3 is 2.58 bits per heavy atom. The van der Waals surface area contributed by atoms with E-state index in [1.807, 2.05) is 0 Å². The zero-order valence-electron chi connectivity index (χ0n) is 19.1. The van der Waals surface area contributed by atoms with E-state index in [0.29, 0.717) is 22.4 Å². The maximum absolute atomic E-state index is 13.5. The Kier molecular flexibility index (Phi) is 7.42. The van der Waals surface area contributed by atoms with Gasteiger partial charge in [0.15, 0.2) is 11.5 Å². The van der Waals surface area contributed by atoms with Gasteiger partial charge in [-0.15, -0.1) is 0 Å². The molecule has 36 heavy (non-hydrogen) atoms. The zero-order chi connectivity index (χ0) is 26.0. The van der Waals surface area contributed by atoms with Gasteiger partial charge in [-0.3, -0.25) is 14.9 Å². The van der Waals surface area contributed by atoms with Crippen LogP contribution >= 0.6 is 27.5 Å². The van der Waals surface area contributed by atoms with E-state index in [4.69, 9.17) is 21.1 Å². The van der Waals surface area contributed by atoms with Gasteiger partial charge in [-0.25, -0.2) is 14.1 Å². The fourth-order valence-electron chi connectivity index (χ4n) is 3.66. The van der Waals surface area contributed by atoms with E-state index in [1.54, 1.807) is 37.3 Å². The van der Waals surface area contributed by atoms with Crippen LogP contribution < -0.4 is 19.7 Å². The number of anilines is 1. The van der Waals surface area contributed by atoms with Gasteiger partial charge in [0, 0.05) is 4.47 Å². The van der Waals surface area contributed by atoms with Gasteiger partial charge in [0.2, 0.25) is 0 Å². The van der Waals surface area contributed by atoms with Gasteiger partial charge in [-0.05, 0) is 72.2 Å². The van der Waals surface area contributed by atoms with Gasteiger partial charge >= 0.3 is 6.03 Å². The second-order valence-electron chi connectivity index (χ2n) is 7.84. The Bertz CT molecular complexity index is 1430. The summed E-state index contributed by atoms with van der Waals surface area (Å²) in [7, 11) is 1.41. The number of hydrogen-bond donors (Lipinski definition) is 1. The first-order chi connectivity index (χ1) is 17.2. The number of benzene rings is 3. The minimum Gasteiger partial charge on any atom is -0.493 e. The van der Waals surface area contributed by atoms with Crippen molar-refractivity contribution < 1.29 is 28.2 Å². The minimum absolute atomic E-state index is 0.0405. The third-order valence-corrected chi connectivity index (χ3v) is 6.11. The van der Waals surface area contributed by atoms with E-state index >= 15 is 0 Å². The average molecular weight is 574 g/mol. The van der Waals surface area contributed by atoms with Crippen LogP contribution in [-0.4, -0.2) is 25.0 Å². The first-order valence-electron chi connectivity index (χ1n) is 10.6. The summed E-state index contributed by atoms with van der Waals surface area (Å²) in [5, 5.41) is 2.35. The van der Waals surface area contributed by atoms with Crippen molar-refractivity contribution in [2.75, 3.05) is 12.0 Å². The summed E-state index contributed by atoms with van der Waals surface area (Å²) < 4.78 is 25.4. The standard InChI is InChI=1S/C26H19BrClFN2O5/c1-14-8-17(27)6-7-21(14)31-25(33)19(24(32)30-26(31)34)10-16-11-20(28)23(22(12-16)35-2)36-13-15-4-3-5-18(29)9-15/h3-12H,13H2,1-2H3,(H,30,32,34)/b19-10-. The molecular weight excluding hydrogens is 555 g/mol. The van der Waals surface area contributed by atoms with Crippen LogP contribution in [0.1, 0.15) is 16.7 Å². The van der Waals surface area contributed by atoms with Gasteiger partial charge in [-0.2, -0.15) is 0 Å². The number of imide groups is 2. The molecule has 1 aliphatic rings. The topological polar surface area (TPSA) is 84.9 Å². The number of amides is 4. The van der Waals surface area contributed by atoms with E-state index in [-0.39, 0.29) is 28.7 Å². The smallest absolute Gasteiger partial charge is 0.335 e. The van der Waals surface area contributed by atoms with Gasteiger partial charge in [-0.1, -0.05) is 39.7 Å². The number of ether oxygens (including phenoxy) is 2. The minimum atomic E-state index is -0.843. The van der Waals surface area contributed by atoms with E-state index in [0.717, 1.165) is 9.37 Å². The molecule has 0 spiro atoms. The molecule has 3 aromatic rings. The number of methoxy groups -OCH3 is 1. The van der Waals surface area contributed by atoms with E-state index < -0.39 is 23.7 Å². The fraction of sp³-hybridized carbons (Fsp3) is 0.115. The summed E-state index contributed by atoms with van der Waals surface area (Å²) in [5.41, 5.74) is 1.71. The van der Waals surface area contributed by atoms with Crippen molar-refractivity contribution in [3.8, 4) is 11.5 Å². The summed E-state index contributed by atoms with van der Waals surface area (Å²) in [5.74, 6) is -1.55. The van der Waals surface area contributed by atoms with Crippen LogP contribution in [-0.2, 0) is 16.2 Å². The Hall–Kier alpha value is -3.69. The largest absolute Gasteiger partial charge is 0.493 e. The van der Waals surface area contributed by atoms with Gasteiger partial charge in [0.05, 0.1) is 17.8 Å². The summed E-state index contributed by atoms with van der Waals surface area (Å²) in [6, 6.07) is 13.2. The Morgan fingerprint density at radius 2 is 1.89 bits per heavy atom. The van der Waals surface area contributed by atoms with Crippen molar-refractivity contribution in [2.45, 2.75) is 13.5 Å². The molecule has 4 rings (SSSR count). The summed E-state index contributed by atoms with van der Waals surface area (Å²) in [6.07, 6.45) is 1.32. The van der Waals surface area contributed by atoms with Crippen molar-refractivity contribution >= 4 is 57.1 Å². The number of hydrogen-bond acceptors (Lipinski definition) is 5. The SMILES string of the molecule is COc1cc(/C=C2/C(=O)NC(=O)N(c3ccc(Br)cc3C)C2=O)cc(Cl)c1OCc1cccc(F)c1. The molecule has 0 aromatic heterocycles. The number of carbonyl (C=O) groups excluding carboxylic acids is 3. The molecule has 10 heteroatoms. The number of aryl methyl sites for hydroxylation is 1. The Morgan fingerprint density at radius 1 is 1.11 bits per heavy atom. The number of barbiturate groups is 1. The third kappa shape index (κ3) is 5.27. The number of nitrogens with one attached hydrogen (secondary N) is 1. The molecule has 0 unspecified atom stereocenters. The van der Waals surface area contributed by atoms with Crippen molar-refractivity contribution in [1.29, 1.82) is 0 Å². The predicted octanol–water partition coefficient (Wildman–Crippen LogP) is 5.80. The molecule has 1 N–H and O–H groups in total. The van der Waals surface area contributed by atoms with E-state index in [1.165, 1.54) is 37.5 Å². The molecule has 1 heterocycles. The third-order valence-electron chi connectivity index (χ3n) is 5.34. The lowest BCUT2D eigenvalue weighted by molar-refractivity contribution is -0.122. The van der Waals surface area contributed by atoms with Crippen LogP contribution in [0.3, 0.4) is 0 Å². The molecular formula is C26H19BrClFN2O5. The number of urea groups is 1. The van der Waals surface area contributed by atoms with Crippen LogP contribution in [0.5, 0.6) is 11.5 Å². The zero-order valence-corrected chi connectivity index (χ0v) is 21.4. The average Bonchev–Trinajstić information content (AvgIpc) is 2.82. The molecule has 4 amide bonds. The molecule has 3 aromatic carbocycles. The molecule has 0 saturated carbocycles. The molecule has 0 atom stereocenters. The molecule has 0 bridgehead atoms. The van der Waals surface area contributed by atoms with Crippen molar-refractivity contribution in [2.24, 2.45) is 0 Å². The summed E-state index contributed by atoms with van der Waals surface area (Å²) in [6.45, 7) is 1.78. The Labute approximate surface area is 219 Å². The second-order valence-corrected chi connectivity index (χ2v) is 9.16. The number of nitrogens with zero attached hydrogens (tertiary/aromatic N) is 1. The molecule has 7 nitrogen and oxygen atoms in total. The lowest BCUT2D eigenvalue weighted by Gasteiger charge is -2.27. The predicted molar refractivity (Wildman–Crippen MR) is 137 cm³/mol. The monoisotopic (exact) mass is 572 g/mol. The number of carbonyl (C=O) groups is 3. The maximum atomic E-state index is 13.5. The fourth-order valence-corrected chi connectivity index (χ4v) is 4.41. The molecule has 1 fully saturated rings. The first-order valence-corrected chi connectivity index (χ1v) is 11.8. The van der Waals surface area contributed by atoms with Crippen LogP contribution in [0.25, 0.3) is 6.08 Å². The van der Waals surface area contributed by atoms with Gasteiger partial charge < -0.3 is 9.47 Å². The Balaban J connectivity index is 1.66. The molecule has 0 aliphatic carbocycles. The summed E-state index contributed by atoms with van der Waals surface area (Å²) in [4.78, 5) is 39.2. The highest BCUT2D eigenvalue weighted by molar-refractivity contribution is 9.10. The normalized spacial score (nSPS) is 14.8. The second kappa shape index (κ2) is 10.5. The van der Waals surface area contributed by atoms with E-state index in [9.17, 15) is 18.8 Å². The highest BCUT2D eigenvalue weighted by Gasteiger charge is 2.37. The lowest BCUT2D eigenvalue weighted by atomic mass is 10.1. The molecule has 1 saturated heterocycles. The van der Waals surface area contributed by atoms with Crippen LogP contribution in [0.15, 0.2) is 64.6 Å². The highest BCUT2D eigenvalue weighted by Crippen LogP contribution is 2.38.